The normalized spacial score (nSPS) is 34.1. The molecule has 0 radical (unpaired) electrons. The first-order valence-electron chi connectivity index (χ1n) is 11.7. The summed E-state index contributed by atoms with van der Waals surface area (Å²) >= 11 is 0. The summed E-state index contributed by atoms with van der Waals surface area (Å²) in [5.41, 5.74) is 0. The van der Waals surface area contributed by atoms with Crippen LogP contribution in [0.2, 0.25) is 0 Å². The molecule has 30 heavy (non-hydrogen) atoms. The van der Waals surface area contributed by atoms with Crippen molar-refractivity contribution in [1.29, 1.82) is 0 Å². The zero-order valence-electron chi connectivity index (χ0n) is 17.8. The van der Waals surface area contributed by atoms with Crippen LogP contribution in [-0.4, -0.2) is 90.3 Å². The largest absolute Gasteiger partial charge is 0.393 e. The Bertz CT molecular complexity index is 517. The van der Waals surface area contributed by atoms with Crippen molar-refractivity contribution >= 4 is 0 Å². The van der Waals surface area contributed by atoms with Gasteiger partial charge in [-0.15, -0.1) is 0 Å². The molecule has 0 aromatic carbocycles. The highest BCUT2D eigenvalue weighted by atomic mass is 16.6. The van der Waals surface area contributed by atoms with E-state index in [0.717, 1.165) is 39.1 Å². The zero-order chi connectivity index (χ0) is 21.0. The molecule has 0 aromatic heterocycles. The van der Waals surface area contributed by atoms with Gasteiger partial charge in [-0.05, 0) is 32.1 Å². The summed E-state index contributed by atoms with van der Waals surface area (Å²) in [5, 5.41) is 31.5. The molecular weight excluding hydrogens is 392 g/mol. The highest BCUT2D eigenvalue weighted by molar-refractivity contribution is 4.84. The van der Waals surface area contributed by atoms with Crippen LogP contribution in [-0.2, 0) is 23.7 Å². The summed E-state index contributed by atoms with van der Waals surface area (Å²) in [6.07, 6.45) is 6.55. The van der Waals surface area contributed by atoms with Crippen LogP contribution in [0.25, 0.3) is 0 Å². The molecule has 3 N–H and O–H groups in total. The van der Waals surface area contributed by atoms with Crippen molar-refractivity contribution in [2.45, 2.75) is 113 Å². The molecule has 0 saturated carbocycles. The third kappa shape index (κ3) is 9.04. The van der Waals surface area contributed by atoms with Crippen molar-refractivity contribution in [3.05, 3.63) is 0 Å². The van der Waals surface area contributed by atoms with Gasteiger partial charge in [-0.25, -0.2) is 0 Å². The molecule has 0 aromatic rings. The number of rotatable bonds is 18. The van der Waals surface area contributed by atoms with Gasteiger partial charge < -0.3 is 39.0 Å². The Kier molecular flexibility index (Phi) is 8.02. The quantitative estimate of drug-likeness (QED) is 0.220. The van der Waals surface area contributed by atoms with Crippen molar-refractivity contribution in [2.75, 3.05) is 26.4 Å². The minimum atomic E-state index is -1.25. The first-order valence-corrected chi connectivity index (χ1v) is 11.7. The third-order valence-corrected chi connectivity index (χ3v) is 6.31. The van der Waals surface area contributed by atoms with Crippen LogP contribution in [0.4, 0.5) is 0 Å². The summed E-state index contributed by atoms with van der Waals surface area (Å²) in [6.45, 7) is 2.93. The van der Waals surface area contributed by atoms with Crippen LogP contribution in [0.5, 0.6) is 0 Å². The predicted octanol–water partition coefficient (Wildman–Crippen LogP) is 1.28. The van der Waals surface area contributed by atoms with Crippen LogP contribution < -0.4 is 0 Å². The van der Waals surface area contributed by atoms with E-state index in [4.69, 9.17) is 23.7 Å². The van der Waals surface area contributed by atoms with Crippen molar-refractivity contribution in [1.82, 2.24) is 0 Å². The van der Waals surface area contributed by atoms with Crippen LogP contribution in [0.3, 0.4) is 0 Å². The van der Waals surface area contributed by atoms with E-state index < -0.39 is 11.9 Å². The second-order valence-corrected chi connectivity index (χ2v) is 9.55. The number of aliphatic hydroxyl groups is 3. The lowest BCUT2D eigenvalue weighted by atomic mass is 9.98. The number of aliphatic hydroxyl groups excluding tert-OH is 2. The number of epoxide rings is 4. The summed E-state index contributed by atoms with van der Waals surface area (Å²) in [4.78, 5) is 0. The maximum atomic E-state index is 11.3. The number of hydrogen-bond donors (Lipinski definition) is 3. The summed E-state index contributed by atoms with van der Waals surface area (Å²) in [5.74, 6) is -1.25. The highest BCUT2D eigenvalue weighted by Crippen LogP contribution is 2.33. The molecule has 8 atom stereocenters. The molecule has 174 valence electrons. The van der Waals surface area contributed by atoms with E-state index in [1.807, 2.05) is 0 Å². The molecule has 0 spiro atoms. The van der Waals surface area contributed by atoms with Crippen LogP contribution in [0, 0.1) is 0 Å². The Labute approximate surface area is 178 Å². The van der Waals surface area contributed by atoms with E-state index in [1.54, 1.807) is 0 Å². The average Bonchev–Trinajstić information content (AvgIpc) is 3.51. The minimum Gasteiger partial charge on any atom is -0.393 e. The average molecular weight is 431 g/mol. The summed E-state index contributed by atoms with van der Waals surface area (Å²) < 4.78 is 27.4. The standard InChI is InChI=1S/C22H38O8/c23-15(7-18-11-26-18)3-1-5-17(9-20-13-28-20)30-22(25,10-21-14-29-21)6-2-4-16(24)8-19-12-27-19/h15-21,23-25H,1-14H2. The first kappa shape index (κ1) is 22.9. The van der Waals surface area contributed by atoms with Gasteiger partial charge in [-0.1, -0.05) is 0 Å². The van der Waals surface area contributed by atoms with Crippen molar-refractivity contribution in [3.8, 4) is 0 Å². The van der Waals surface area contributed by atoms with E-state index in [1.165, 1.54) is 0 Å². The van der Waals surface area contributed by atoms with Crippen molar-refractivity contribution in [3.63, 3.8) is 0 Å². The Morgan fingerprint density at radius 3 is 1.77 bits per heavy atom. The monoisotopic (exact) mass is 430 g/mol. The molecule has 0 aliphatic carbocycles. The third-order valence-electron chi connectivity index (χ3n) is 6.31. The topological polar surface area (TPSA) is 120 Å². The lowest BCUT2D eigenvalue weighted by molar-refractivity contribution is -0.243. The summed E-state index contributed by atoms with van der Waals surface area (Å²) in [7, 11) is 0. The van der Waals surface area contributed by atoms with E-state index in [-0.39, 0.29) is 36.6 Å². The maximum Gasteiger partial charge on any atom is 0.168 e. The fourth-order valence-corrected chi connectivity index (χ4v) is 4.23. The Hall–Kier alpha value is -0.320. The molecule has 8 nitrogen and oxygen atoms in total. The number of ether oxygens (including phenoxy) is 5. The zero-order valence-corrected chi connectivity index (χ0v) is 17.8. The predicted molar refractivity (Wildman–Crippen MR) is 107 cm³/mol. The molecule has 0 amide bonds. The molecule has 8 heteroatoms. The highest BCUT2D eigenvalue weighted by Gasteiger charge is 2.40. The van der Waals surface area contributed by atoms with Gasteiger partial charge in [-0.3, -0.25) is 0 Å². The fourth-order valence-electron chi connectivity index (χ4n) is 4.23. The molecule has 4 fully saturated rings. The van der Waals surface area contributed by atoms with Gasteiger partial charge >= 0.3 is 0 Å². The molecule has 0 bridgehead atoms. The van der Waals surface area contributed by atoms with Gasteiger partial charge in [-0.2, -0.15) is 0 Å². The minimum absolute atomic E-state index is 0.0537. The van der Waals surface area contributed by atoms with Gasteiger partial charge in [0.05, 0.1) is 69.2 Å². The van der Waals surface area contributed by atoms with E-state index in [2.05, 4.69) is 0 Å². The molecule has 4 rings (SSSR count). The van der Waals surface area contributed by atoms with Crippen molar-refractivity contribution < 1.29 is 39.0 Å². The van der Waals surface area contributed by atoms with E-state index >= 15 is 0 Å². The molecular formula is C22H38O8. The molecule has 4 saturated heterocycles. The van der Waals surface area contributed by atoms with Crippen LogP contribution in [0.1, 0.15) is 64.2 Å². The smallest absolute Gasteiger partial charge is 0.168 e. The first-order chi connectivity index (χ1) is 14.5. The van der Waals surface area contributed by atoms with E-state index in [9.17, 15) is 15.3 Å². The van der Waals surface area contributed by atoms with Gasteiger partial charge in [0, 0.05) is 32.1 Å². The molecule has 4 heterocycles. The molecule has 4 aliphatic heterocycles. The lowest BCUT2D eigenvalue weighted by Crippen LogP contribution is -2.39. The Morgan fingerprint density at radius 1 is 0.733 bits per heavy atom. The second-order valence-electron chi connectivity index (χ2n) is 9.55. The molecule has 8 unspecified atom stereocenters. The van der Waals surface area contributed by atoms with Gasteiger partial charge in [0.2, 0.25) is 0 Å². The van der Waals surface area contributed by atoms with Crippen LogP contribution >= 0.6 is 0 Å². The van der Waals surface area contributed by atoms with Gasteiger partial charge in [0.15, 0.2) is 5.79 Å². The van der Waals surface area contributed by atoms with Gasteiger partial charge in [0.1, 0.15) is 0 Å². The lowest BCUT2D eigenvalue weighted by Gasteiger charge is -2.33. The van der Waals surface area contributed by atoms with Crippen molar-refractivity contribution in [2.24, 2.45) is 0 Å². The van der Waals surface area contributed by atoms with E-state index in [0.29, 0.717) is 51.6 Å². The Balaban J connectivity index is 1.22. The number of hydrogen-bond acceptors (Lipinski definition) is 8. The Morgan fingerprint density at radius 2 is 1.23 bits per heavy atom. The SMILES string of the molecule is OC(CCCC(CC1CO1)OC(O)(CCCC(O)CC1CO1)CC1CO1)CC1CO1. The second kappa shape index (κ2) is 10.5. The van der Waals surface area contributed by atoms with Gasteiger partial charge in [0.25, 0.3) is 0 Å². The fraction of sp³-hybridized carbons (Fsp3) is 1.00. The summed E-state index contributed by atoms with van der Waals surface area (Å²) in [6, 6.07) is 0. The van der Waals surface area contributed by atoms with Crippen LogP contribution in [0.15, 0.2) is 0 Å². The molecule has 4 aliphatic rings. The maximum absolute atomic E-state index is 11.3.